The van der Waals surface area contributed by atoms with Crippen LogP contribution in [-0.2, 0) is 0 Å². The highest BCUT2D eigenvalue weighted by Crippen LogP contribution is 2.47. The van der Waals surface area contributed by atoms with E-state index < -0.39 is 0 Å². The van der Waals surface area contributed by atoms with Gasteiger partial charge in [-0.25, -0.2) is 9.97 Å². The molecule has 0 fully saturated rings. The molecule has 9 rings (SSSR count). The number of fused-ring (bicyclic) bond motifs is 8. The average Bonchev–Trinajstić information content (AvgIpc) is 3.97. The lowest BCUT2D eigenvalue weighted by Gasteiger charge is -2.14. The Morgan fingerprint density at radius 3 is 1.64 bits per heavy atom. The van der Waals surface area contributed by atoms with Gasteiger partial charge in [-0.15, -0.1) is 0 Å². The molecular formula is C46H32N4. The van der Waals surface area contributed by atoms with Gasteiger partial charge in [0.1, 0.15) is 0 Å². The van der Waals surface area contributed by atoms with Gasteiger partial charge in [0.05, 0.1) is 33.8 Å². The van der Waals surface area contributed by atoms with E-state index in [1.165, 1.54) is 0 Å². The monoisotopic (exact) mass is 640 g/mol. The van der Waals surface area contributed by atoms with Gasteiger partial charge in [-0.1, -0.05) is 122 Å². The van der Waals surface area contributed by atoms with Crippen molar-refractivity contribution in [1.82, 2.24) is 19.5 Å². The summed E-state index contributed by atoms with van der Waals surface area (Å²) in [5.74, 6) is 0. The van der Waals surface area contributed by atoms with Gasteiger partial charge in [-0.2, -0.15) is 0 Å². The van der Waals surface area contributed by atoms with Gasteiger partial charge >= 0.3 is 0 Å². The Labute approximate surface area is 290 Å². The molecule has 0 saturated carbocycles. The van der Waals surface area contributed by atoms with Crippen molar-refractivity contribution in [2.75, 3.05) is 0 Å². The fourth-order valence-corrected chi connectivity index (χ4v) is 7.08. The van der Waals surface area contributed by atoms with E-state index in [0.29, 0.717) is 0 Å². The normalized spacial score (nSPS) is 12.1. The molecule has 8 bridgehead atoms. The lowest BCUT2D eigenvalue weighted by molar-refractivity contribution is 1.17. The highest BCUT2D eigenvalue weighted by atomic mass is 15.0. The molecule has 0 saturated heterocycles. The van der Waals surface area contributed by atoms with E-state index in [-0.39, 0.29) is 0 Å². The number of rotatable bonds is 5. The fraction of sp³-hybridized carbons (Fsp3) is 0. The van der Waals surface area contributed by atoms with Crippen LogP contribution in [0, 0.1) is 0 Å². The van der Waals surface area contributed by atoms with Crippen LogP contribution in [0.5, 0.6) is 0 Å². The molecule has 0 spiro atoms. The molecule has 4 heteroatoms. The molecule has 7 aromatic rings. The van der Waals surface area contributed by atoms with Crippen molar-refractivity contribution in [2.24, 2.45) is 0 Å². The molecule has 0 aliphatic carbocycles. The summed E-state index contributed by atoms with van der Waals surface area (Å²) in [4.78, 5) is 14.0. The Hall–Kier alpha value is -6.78. The molecule has 1 N–H and O–H groups in total. The topological polar surface area (TPSA) is 46.5 Å². The highest BCUT2D eigenvalue weighted by Gasteiger charge is 2.26. The van der Waals surface area contributed by atoms with Crippen LogP contribution in [0.1, 0.15) is 22.8 Å². The summed E-state index contributed by atoms with van der Waals surface area (Å²) in [6.07, 6.45) is 8.22. The Bertz CT molecular complexity index is 2630. The Kier molecular flexibility index (Phi) is 7.25. The largest absolute Gasteiger partial charge is 0.355 e. The highest BCUT2D eigenvalue weighted by molar-refractivity contribution is 6.12. The van der Waals surface area contributed by atoms with Gasteiger partial charge in [0.25, 0.3) is 0 Å². The van der Waals surface area contributed by atoms with E-state index in [2.05, 4.69) is 186 Å². The van der Waals surface area contributed by atoms with Crippen molar-refractivity contribution < 1.29 is 0 Å². The molecule has 3 aromatic heterocycles. The van der Waals surface area contributed by atoms with Crippen molar-refractivity contribution in [1.29, 1.82) is 0 Å². The first-order chi connectivity index (χ1) is 24.7. The molecule has 4 aromatic carbocycles. The minimum Gasteiger partial charge on any atom is -0.355 e. The van der Waals surface area contributed by atoms with E-state index in [0.717, 1.165) is 89.5 Å². The zero-order valence-electron chi connectivity index (χ0n) is 27.3. The van der Waals surface area contributed by atoms with Gasteiger partial charge in [0, 0.05) is 39.0 Å². The average molecular weight is 641 g/mol. The third-order valence-electron chi connectivity index (χ3n) is 9.23. The Balaban J connectivity index is 1.63. The molecule has 2 aliphatic heterocycles. The van der Waals surface area contributed by atoms with Gasteiger partial charge in [0.2, 0.25) is 0 Å². The molecule has 5 heterocycles. The number of hydrogen-bond donors (Lipinski definition) is 1. The first-order valence-corrected chi connectivity index (χ1v) is 16.8. The van der Waals surface area contributed by atoms with Crippen LogP contribution in [0.15, 0.2) is 164 Å². The third kappa shape index (κ3) is 5.20. The first-order valence-electron chi connectivity index (χ1n) is 16.8. The van der Waals surface area contributed by atoms with Gasteiger partial charge < -0.3 is 9.55 Å². The van der Waals surface area contributed by atoms with Gasteiger partial charge in [-0.05, 0) is 77.4 Å². The Morgan fingerprint density at radius 2 is 1.04 bits per heavy atom. The second-order valence-corrected chi connectivity index (χ2v) is 12.4. The number of hydrogen-bond acceptors (Lipinski definition) is 2. The van der Waals surface area contributed by atoms with Gasteiger partial charge in [0.15, 0.2) is 0 Å². The second-order valence-electron chi connectivity index (χ2n) is 12.4. The lowest BCUT2D eigenvalue weighted by atomic mass is 9.92. The summed E-state index contributed by atoms with van der Waals surface area (Å²) in [6, 6.07) is 53.2. The fourth-order valence-electron chi connectivity index (χ4n) is 7.08. The van der Waals surface area contributed by atoms with Crippen LogP contribution in [0.2, 0.25) is 0 Å². The summed E-state index contributed by atoms with van der Waals surface area (Å²) < 4.78 is 2.40. The second kappa shape index (κ2) is 12.3. The maximum Gasteiger partial charge on any atom is 0.0809 e. The minimum atomic E-state index is 0.853. The molecule has 2 aliphatic rings. The lowest BCUT2D eigenvalue weighted by Crippen LogP contribution is -1.98. The number of H-pyrrole nitrogens is 1. The van der Waals surface area contributed by atoms with E-state index in [1.807, 2.05) is 6.08 Å². The van der Waals surface area contributed by atoms with Crippen molar-refractivity contribution >= 4 is 45.9 Å². The quantitative estimate of drug-likeness (QED) is 0.203. The van der Waals surface area contributed by atoms with Gasteiger partial charge in [-0.3, -0.25) is 0 Å². The molecular weight excluding hydrogens is 609 g/mol. The zero-order chi connectivity index (χ0) is 33.4. The number of para-hydroxylation sites is 1. The van der Waals surface area contributed by atoms with E-state index in [1.54, 1.807) is 0 Å². The maximum atomic E-state index is 5.39. The minimum absolute atomic E-state index is 0.853. The molecule has 0 atom stereocenters. The summed E-state index contributed by atoms with van der Waals surface area (Å²) in [7, 11) is 0. The summed E-state index contributed by atoms with van der Waals surface area (Å²) >= 11 is 0. The zero-order valence-corrected chi connectivity index (χ0v) is 27.3. The molecule has 50 heavy (non-hydrogen) atoms. The predicted octanol–water partition coefficient (Wildman–Crippen LogP) is 11.7. The van der Waals surface area contributed by atoms with Crippen molar-refractivity contribution in [3.8, 4) is 39.1 Å². The van der Waals surface area contributed by atoms with E-state index >= 15 is 0 Å². The number of nitrogens with zero attached hydrogens (tertiary/aromatic N) is 3. The molecule has 4 nitrogen and oxygen atoms in total. The van der Waals surface area contributed by atoms with Crippen molar-refractivity contribution in [3.63, 3.8) is 0 Å². The predicted molar refractivity (Wildman–Crippen MR) is 209 cm³/mol. The molecule has 0 amide bonds. The number of aromatic nitrogens is 4. The van der Waals surface area contributed by atoms with Crippen LogP contribution in [0.4, 0.5) is 0 Å². The van der Waals surface area contributed by atoms with E-state index in [4.69, 9.17) is 9.97 Å². The molecule has 0 radical (unpaired) electrons. The van der Waals surface area contributed by atoms with E-state index in [9.17, 15) is 0 Å². The molecule has 0 unspecified atom stereocenters. The molecule has 236 valence electrons. The van der Waals surface area contributed by atoms with Crippen molar-refractivity contribution in [3.05, 3.63) is 187 Å². The third-order valence-corrected chi connectivity index (χ3v) is 9.23. The Morgan fingerprint density at radius 1 is 0.520 bits per heavy atom. The summed E-state index contributed by atoms with van der Waals surface area (Å²) in [6.45, 7) is 4.28. The number of allylic oxidation sites excluding steroid dienone is 2. The standard InChI is InChI=1S/C46H32N4/c1-2-31-27-39-29-37-24-23-35(47-37)28-36-25-26-38(48-36)30-41-42(32-15-7-3-8-16-32)43(33-17-9-4-10-18-33)46(50(41)40-21-13-6-14-22-40)44(45(31)49-39)34-19-11-5-12-20-34/h2-30,47H,1H2. The number of aromatic amines is 1. The van der Waals surface area contributed by atoms with Crippen LogP contribution in [0.3, 0.4) is 0 Å². The van der Waals surface area contributed by atoms with Crippen LogP contribution in [0.25, 0.3) is 84.9 Å². The summed E-state index contributed by atoms with van der Waals surface area (Å²) in [5.41, 5.74) is 16.0. The smallest absolute Gasteiger partial charge is 0.0809 e. The SMILES string of the molecule is C=CC1=Cc2cc3ccc(cc4nc(cc5c(-c6ccccc6)c(-c6ccccc6)c(c(-c6ccccc6)c1n2)n5-c1ccccc1)C=C4)[nH]3. The first kappa shape index (κ1) is 29.4. The van der Waals surface area contributed by atoms with Crippen LogP contribution >= 0.6 is 0 Å². The number of nitrogens with one attached hydrogen (secondary N) is 1. The van der Waals surface area contributed by atoms with Crippen molar-refractivity contribution in [2.45, 2.75) is 0 Å². The van der Waals surface area contributed by atoms with Crippen LogP contribution in [-0.4, -0.2) is 19.5 Å². The maximum absolute atomic E-state index is 5.39. The number of benzene rings is 4. The summed E-state index contributed by atoms with van der Waals surface area (Å²) in [5, 5.41) is 0. The van der Waals surface area contributed by atoms with Crippen LogP contribution < -0.4 is 0 Å².